The van der Waals surface area contributed by atoms with Crippen LogP contribution in [0, 0.1) is 0 Å². The van der Waals surface area contributed by atoms with Crippen LogP contribution in [0.3, 0.4) is 0 Å². The first-order chi connectivity index (χ1) is 12.7. The summed E-state index contributed by atoms with van der Waals surface area (Å²) in [6, 6.07) is 15.9. The zero-order valence-electron chi connectivity index (χ0n) is 15.2. The van der Waals surface area contributed by atoms with E-state index in [2.05, 4.69) is 27.8 Å². The van der Waals surface area contributed by atoms with E-state index in [1.165, 1.54) is 11.1 Å². The summed E-state index contributed by atoms with van der Waals surface area (Å²) in [7, 11) is 1.68. The minimum atomic E-state index is 0. The third kappa shape index (κ3) is 5.84. The van der Waals surface area contributed by atoms with E-state index in [4.69, 9.17) is 11.6 Å². The molecule has 2 aromatic rings. The van der Waals surface area contributed by atoms with Crippen LogP contribution in [0.15, 0.2) is 53.5 Å². The van der Waals surface area contributed by atoms with Crippen molar-refractivity contribution in [3.63, 3.8) is 0 Å². The average Bonchev–Trinajstić information content (AvgIpc) is 2.68. The minimum Gasteiger partial charge on any atom is -0.352 e. The second kappa shape index (κ2) is 10.5. The smallest absolute Gasteiger partial charge is 0.242 e. The number of nitrogens with zero attached hydrogens (tertiary/aromatic N) is 2. The highest BCUT2D eigenvalue weighted by Crippen LogP contribution is 2.18. The molecule has 5 nitrogen and oxygen atoms in total. The molecule has 1 aliphatic rings. The number of nitrogens with one attached hydrogen (secondary N) is 2. The first-order valence-corrected chi connectivity index (χ1v) is 9.07. The first kappa shape index (κ1) is 21.5. The van der Waals surface area contributed by atoms with E-state index >= 15 is 0 Å². The summed E-state index contributed by atoms with van der Waals surface area (Å²) in [5.74, 6) is 0.649. The predicted molar refractivity (Wildman–Crippen MR) is 121 cm³/mol. The van der Waals surface area contributed by atoms with Crippen molar-refractivity contribution in [1.82, 2.24) is 15.5 Å². The van der Waals surface area contributed by atoms with E-state index in [9.17, 15) is 4.79 Å². The second-order valence-corrected chi connectivity index (χ2v) is 6.61. The summed E-state index contributed by atoms with van der Waals surface area (Å²) in [6.45, 7) is 2.18. The number of hydrogen-bond acceptors (Lipinski definition) is 2. The number of aliphatic imine (C=N–C) groups is 1. The molecule has 0 radical (unpaired) electrons. The minimum absolute atomic E-state index is 0. The van der Waals surface area contributed by atoms with Crippen LogP contribution in [0.4, 0.5) is 0 Å². The van der Waals surface area contributed by atoms with Crippen LogP contribution in [-0.2, 0) is 24.3 Å². The molecule has 0 fully saturated rings. The maximum Gasteiger partial charge on any atom is 0.242 e. The van der Waals surface area contributed by atoms with E-state index in [0.29, 0.717) is 24.1 Å². The average molecular weight is 499 g/mol. The molecule has 0 bridgehead atoms. The molecule has 7 heteroatoms. The van der Waals surface area contributed by atoms with Crippen LogP contribution in [0.5, 0.6) is 0 Å². The highest BCUT2D eigenvalue weighted by Gasteiger charge is 2.20. The fourth-order valence-corrected chi connectivity index (χ4v) is 3.22. The van der Waals surface area contributed by atoms with Gasteiger partial charge in [0.2, 0.25) is 5.91 Å². The zero-order valence-corrected chi connectivity index (χ0v) is 18.3. The molecular formula is C20H24ClIN4O. The molecule has 0 spiro atoms. The number of amides is 1. The number of carbonyl (C=O) groups is 1. The Morgan fingerprint density at radius 1 is 1.11 bits per heavy atom. The van der Waals surface area contributed by atoms with Gasteiger partial charge < -0.3 is 15.5 Å². The summed E-state index contributed by atoms with van der Waals surface area (Å²) in [6.07, 6.45) is 0.904. The van der Waals surface area contributed by atoms with E-state index in [-0.39, 0.29) is 36.4 Å². The molecule has 27 heavy (non-hydrogen) atoms. The largest absolute Gasteiger partial charge is 0.352 e. The zero-order chi connectivity index (χ0) is 18.4. The Hall–Kier alpha value is -1.80. The van der Waals surface area contributed by atoms with Crippen molar-refractivity contribution in [3.8, 4) is 0 Å². The number of fused-ring (bicyclic) bond motifs is 1. The van der Waals surface area contributed by atoms with Gasteiger partial charge in [0.15, 0.2) is 5.96 Å². The summed E-state index contributed by atoms with van der Waals surface area (Å²) in [5, 5.41) is 6.98. The van der Waals surface area contributed by atoms with Crippen LogP contribution in [0.2, 0.25) is 5.02 Å². The molecule has 0 aromatic heterocycles. The maximum absolute atomic E-state index is 12.5. The molecule has 0 saturated carbocycles. The lowest BCUT2D eigenvalue weighted by molar-refractivity contribution is -0.130. The quantitative estimate of drug-likeness (QED) is 0.387. The Labute approximate surface area is 182 Å². The van der Waals surface area contributed by atoms with Crippen LogP contribution in [0.1, 0.15) is 16.7 Å². The second-order valence-electron chi connectivity index (χ2n) is 6.20. The Morgan fingerprint density at radius 3 is 2.56 bits per heavy atom. The van der Waals surface area contributed by atoms with Crippen molar-refractivity contribution >= 4 is 47.4 Å². The molecular weight excluding hydrogens is 475 g/mol. The number of hydrogen-bond donors (Lipinski definition) is 2. The highest BCUT2D eigenvalue weighted by molar-refractivity contribution is 14.0. The molecule has 0 saturated heterocycles. The van der Waals surface area contributed by atoms with E-state index in [0.717, 1.165) is 18.5 Å². The van der Waals surface area contributed by atoms with Crippen molar-refractivity contribution in [2.24, 2.45) is 4.99 Å². The van der Waals surface area contributed by atoms with Crippen molar-refractivity contribution in [3.05, 3.63) is 70.2 Å². The highest BCUT2D eigenvalue weighted by atomic mass is 127. The Balaban J connectivity index is 0.00000261. The number of halogens is 2. The van der Waals surface area contributed by atoms with Gasteiger partial charge in [-0.2, -0.15) is 0 Å². The summed E-state index contributed by atoms with van der Waals surface area (Å²) < 4.78 is 0. The summed E-state index contributed by atoms with van der Waals surface area (Å²) in [5.41, 5.74) is 3.55. The van der Waals surface area contributed by atoms with E-state index in [1.807, 2.05) is 41.3 Å². The molecule has 1 aliphatic heterocycles. The fourth-order valence-electron chi connectivity index (χ4n) is 3.02. The Bertz CT molecular complexity index is 812. The van der Waals surface area contributed by atoms with Gasteiger partial charge in [0.25, 0.3) is 0 Å². The number of benzene rings is 2. The standard InChI is InChI=1S/C20H23ClN4O.HI/c1-22-20(23-12-16-7-4-5-9-18(16)21)24-13-19(26)25-11-10-15-6-2-3-8-17(15)14-25;/h2-9H,10-14H2,1H3,(H2,22,23,24);1H. The van der Waals surface area contributed by atoms with Gasteiger partial charge in [-0.1, -0.05) is 54.1 Å². The normalized spacial score (nSPS) is 13.4. The summed E-state index contributed by atoms with van der Waals surface area (Å²) in [4.78, 5) is 18.6. The Morgan fingerprint density at radius 2 is 1.81 bits per heavy atom. The van der Waals surface area contributed by atoms with E-state index < -0.39 is 0 Å². The summed E-state index contributed by atoms with van der Waals surface area (Å²) >= 11 is 6.16. The fraction of sp³-hybridized carbons (Fsp3) is 0.300. The van der Waals surface area contributed by atoms with Crippen molar-refractivity contribution < 1.29 is 4.79 Å². The molecule has 0 atom stereocenters. The van der Waals surface area contributed by atoms with Crippen LogP contribution in [0.25, 0.3) is 0 Å². The van der Waals surface area contributed by atoms with Gasteiger partial charge in [0.05, 0.1) is 6.54 Å². The van der Waals surface area contributed by atoms with Gasteiger partial charge in [-0.25, -0.2) is 0 Å². The predicted octanol–water partition coefficient (Wildman–Crippen LogP) is 3.21. The molecule has 3 rings (SSSR count). The van der Waals surface area contributed by atoms with Gasteiger partial charge in [-0.15, -0.1) is 24.0 Å². The van der Waals surface area contributed by atoms with Crippen LogP contribution >= 0.6 is 35.6 Å². The molecule has 144 valence electrons. The molecule has 1 heterocycles. The molecule has 2 aromatic carbocycles. The molecule has 0 unspecified atom stereocenters. The number of carbonyl (C=O) groups excluding carboxylic acids is 1. The van der Waals surface area contributed by atoms with Crippen molar-refractivity contribution in [2.45, 2.75) is 19.5 Å². The lowest BCUT2D eigenvalue weighted by atomic mass is 10.00. The van der Waals surface area contributed by atoms with Gasteiger partial charge in [0.1, 0.15) is 0 Å². The number of rotatable bonds is 4. The van der Waals surface area contributed by atoms with Gasteiger partial charge in [0, 0.05) is 31.7 Å². The van der Waals surface area contributed by atoms with E-state index in [1.54, 1.807) is 7.05 Å². The Kier molecular flexibility index (Phi) is 8.37. The van der Waals surface area contributed by atoms with Crippen LogP contribution in [-0.4, -0.2) is 36.9 Å². The topological polar surface area (TPSA) is 56.7 Å². The third-order valence-corrected chi connectivity index (χ3v) is 4.89. The molecule has 2 N–H and O–H groups in total. The van der Waals surface area contributed by atoms with Crippen molar-refractivity contribution in [2.75, 3.05) is 20.1 Å². The first-order valence-electron chi connectivity index (χ1n) is 8.70. The lowest BCUT2D eigenvalue weighted by Crippen LogP contribution is -2.45. The van der Waals surface area contributed by atoms with Crippen molar-refractivity contribution in [1.29, 1.82) is 0 Å². The molecule has 0 aliphatic carbocycles. The monoisotopic (exact) mass is 498 g/mol. The number of guanidine groups is 1. The SMILES string of the molecule is CN=C(NCC(=O)N1CCc2ccccc2C1)NCc1ccccc1Cl.I. The molecule has 1 amide bonds. The maximum atomic E-state index is 12.5. The van der Waals surface area contributed by atoms with Crippen LogP contribution < -0.4 is 10.6 Å². The third-order valence-electron chi connectivity index (χ3n) is 4.52. The van der Waals surface area contributed by atoms with Gasteiger partial charge in [-0.3, -0.25) is 9.79 Å². The lowest BCUT2D eigenvalue weighted by Gasteiger charge is -2.29. The van der Waals surface area contributed by atoms with Gasteiger partial charge >= 0.3 is 0 Å². The van der Waals surface area contributed by atoms with Gasteiger partial charge in [-0.05, 0) is 29.2 Å².